The van der Waals surface area contributed by atoms with Gasteiger partial charge in [-0.1, -0.05) is 13.0 Å². The summed E-state index contributed by atoms with van der Waals surface area (Å²) in [4.78, 5) is 27.3. The number of allylic oxidation sites excluding steroid dienone is 1. The summed E-state index contributed by atoms with van der Waals surface area (Å²) in [5.41, 5.74) is -1.89. The molecule has 0 spiro atoms. The molecule has 1 saturated heterocycles. The van der Waals surface area contributed by atoms with Gasteiger partial charge in [0.1, 0.15) is 5.41 Å². The van der Waals surface area contributed by atoms with Crippen molar-refractivity contribution in [1.82, 2.24) is 0 Å². The lowest BCUT2D eigenvalue weighted by molar-refractivity contribution is -0.195. The SMILES string of the molecule is C=CC[C@@]1(C(=O)OC)C(=O)[C@H]2C[C@](C)(CC[C@H]2C(C)(C)OC)[C@H]1CC1OCCO1. The number of Topliss-reactive ketones (excluding diaryl/α,β-unsaturated/α-hetero) is 1. The molecule has 6 nitrogen and oxygen atoms in total. The third-order valence-corrected chi connectivity index (χ3v) is 7.96. The van der Waals surface area contributed by atoms with Crippen LogP contribution in [-0.4, -0.2) is 51.1 Å². The van der Waals surface area contributed by atoms with Crippen LogP contribution >= 0.6 is 0 Å². The Morgan fingerprint density at radius 3 is 2.52 bits per heavy atom. The van der Waals surface area contributed by atoms with Gasteiger partial charge in [0.15, 0.2) is 12.1 Å². The van der Waals surface area contributed by atoms with Crippen LogP contribution in [0.4, 0.5) is 0 Å². The normalized spacial score (nSPS) is 38.1. The number of ketones is 1. The number of hydrogen-bond acceptors (Lipinski definition) is 6. The van der Waals surface area contributed by atoms with E-state index < -0.39 is 17.0 Å². The minimum absolute atomic E-state index is 0.0282. The first-order valence-electron chi connectivity index (χ1n) is 10.7. The zero-order valence-electron chi connectivity index (χ0n) is 18.5. The van der Waals surface area contributed by atoms with Crippen LogP contribution in [0.2, 0.25) is 0 Å². The third kappa shape index (κ3) is 3.57. The Morgan fingerprint density at radius 1 is 1.31 bits per heavy atom. The Balaban J connectivity index is 2.09. The zero-order valence-corrected chi connectivity index (χ0v) is 18.5. The molecule has 0 N–H and O–H groups in total. The highest BCUT2D eigenvalue weighted by molar-refractivity contribution is 6.06. The van der Waals surface area contributed by atoms with Crippen molar-refractivity contribution in [2.24, 2.45) is 28.6 Å². The maximum atomic E-state index is 14.1. The quantitative estimate of drug-likeness (QED) is 0.365. The molecule has 2 bridgehead atoms. The summed E-state index contributed by atoms with van der Waals surface area (Å²) in [6.45, 7) is 11.2. The molecule has 0 aromatic rings. The van der Waals surface area contributed by atoms with E-state index in [0.29, 0.717) is 19.6 Å². The molecule has 6 heteroatoms. The molecule has 0 radical (unpaired) electrons. The lowest BCUT2D eigenvalue weighted by Gasteiger charge is -2.59. The van der Waals surface area contributed by atoms with E-state index in [-0.39, 0.29) is 41.7 Å². The topological polar surface area (TPSA) is 71.1 Å². The average Bonchev–Trinajstić information content (AvgIpc) is 3.21. The number of fused-ring (bicyclic) bond motifs is 2. The predicted octanol–water partition coefficient (Wildman–Crippen LogP) is 3.53. The van der Waals surface area contributed by atoms with E-state index in [9.17, 15) is 9.59 Å². The summed E-state index contributed by atoms with van der Waals surface area (Å²) in [5, 5.41) is 0. The molecular weight excluding hydrogens is 372 g/mol. The van der Waals surface area contributed by atoms with Gasteiger partial charge in [0.25, 0.3) is 0 Å². The van der Waals surface area contributed by atoms with Crippen molar-refractivity contribution in [3.05, 3.63) is 12.7 Å². The molecule has 1 heterocycles. The molecule has 164 valence electrons. The van der Waals surface area contributed by atoms with Gasteiger partial charge < -0.3 is 18.9 Å². The monoisotopic (exact) mass is 408 g/mol. The lowest BCUT2D eigenvalue weighted by atomic mass is 9.43. The molecule has 2 aliphatic carbocycles. The first-order chi connectivity index (χ1) is 13.7. The standard InChI is InChI=1S/C23H36O6/c1-7-9-23(20(25)26-5)17(13-18-28-11-12-29-18)22(4)10-8-16(21(2,3)27-6)15(14-22)19(23)24/h7,15-18H,1,8-14H2,2-6H3/t15-,16+,17+,22-,23-/m0/s1. The summed E-state index contributed by atoms with van der Waals surface area (Å²) in [5.74, 6) is -0.901. The average molecular weight is 409 g/mol. The van der Waals surface area contributed by atoms with Crippen molar-refractivity contribution in [1.29, 1.82) is 0 Å². The highest BCUT2D eigenvalue weighted by Gasteiger charge is 2.67. The number of rotatable bonds is 7. The van der Waals surface area contributed by atoms with Crippen molar-refractivity contribution in [2.75, 3.05) is 27.4 Å². The lowest BCUT2D eigenvalue weighted by Crippen LogP contribution is -2.64. The van der Waals surface area contributed by atoms with Crippen LogP contribution in [0.25, 0.3) is 0 Å². The van der Waals surface area contributed by atoms with Crippen LogP contribution in [0.1, 0.15) is 52.9 Å². The smallest absolute Gasteiger partial charge is 0.319 e. The summed E-state index contributed by atoms with van der Waals surface area (Å²) >= 11 is 0. The molecule has 0 aromatic carbocycles. The molecule has 0 aromatic heterocycles. The van der Waals surface area contributed by atoms with E-state index in [2.05, 4.69) is 13.5 Å². The molecule has 0 amide bonds. The Hall–Kier alpha value is -1.24. The number of carbonyl (C=O) groups is 2. The second-order valence-corrected chi connectivity index (χ2v) is 9.70. The molecule has 0 unspecified atom stereocenters. The van der Waals surface area contributed by atoms with Gasteiger partial charge in [0, 0.05) is 19.4 Å². The third-order valence-electron chi connectivity index (χ3n) is 7.96. The second-order valence-electron chi connectivity index (χ2n) is 9.70. The van der Waals surface area contributed by atoms with Gasteiger partial charge in [0.05, 0.1) is 25.9 Å². The fourth-order valence-corrected chi connectivity index (χ4v) is 6.31. The number of esters is 1. The minimum Gasteiger partial charge on any atom is -0.468 e. The molecule has 3 aliphatic rings. The highest BCUT2D eigenvalue weighted by atomic mass is 16.7. The number of ether oxygens (including phenoxy) is 4. The van der Waals surface area contributed by atoms with E-state index in [0.717, 1.165) is 19.3 Å². The molecule has 3 rings (SSSR count). The number of carbonyl (C=O) groups excluding carboxylic acids is 2. The Morgan fingerprint density at radius 2 is 1.97 bits per heavy atom. The van der Waals surface area contributed by atoms with E-state index in [1.54, 1.807) is 13.2 Å². The first-order valence-corrected chi connectivity index (χ1v) is 10.7. The minimum atomic E-state index is -1.26. The first kappa shape index (κ1) is 22.4. The fraction of sp³-hybridized carbons (Fsp3) is 0.826. The highest BCUT2D eigenvalue weighted by Crippen LogP contribution is 2.63. The summed E-state index contributed by atoms with van der Waals surface area (Å²) in [7, 11) is 3.05. The molecule has 1 aliphatic heterocycles. The van der Waals surface area contributed by atoms with Crippen molar-refractivity contribution in [2.45, 2.75) is 64.8 Å². The van der Waals surface area contributed by atoms with E-state index in [4.69, 9.17) is 18.9 Å². The molecular formula is C23H36O6. The van der Waals surface area contributed by atoms with Crippen LogP contribution in [0.15, 0.2) is 12.7 Å². The largest absolute Gasteiger partial charge is 0.468 e. The predicted molar refractivity (Wildman–Crippen MR) is 108 cm³/mol. The molecule has 3 fully saturated rings. The van der Waals surface area contributed by atoms with Gasteiger partial charge in [-0.05, 0) is 56.8 Å². The van der Waals surface area contributed by atoms with Gasteiger partial charge in [-0.15, -0.1) is 6.58 Å². The Kier molecular flexibility index (Phi) is 6.29. The van der Waals surface area contributed by atoms with Crippen LogP contribution < -0.4 is 0 Å². The van der Waals surface area contributed by atoms with E-state index in [1.807, 2.05) is 13.8 Å². The van der Waals surface area contributed by atoms with Crippen molar-refractivity contribution in [3.8, 4) is 0 Å². The molecule has 29 heavy (non-hydrogen) atoms. The van der Waals surface area contributed by atoms with Crippen molar-refractivity contribution < 1.29 is 28.5 Å². The summed E-state index contributed by atoms with van der Waals surface area (Å²) < 4.78 is 22.5. The fourth-order valence-electron chi connectivity index (χ4n) is 6.31. The molecule has 5 atom stereocenters. The Labute approximate surface area is 174 Å². The van der Waals surface area contributed by atoms with Gasteiger partial charge in [-0.3, -0.25) is 9.59 Å². The maximum absolute atomic E-state index is 14.1. The number of methoxy groups -OCH3 is 2. The van der Waals surface area contributed by atoms with Gasteiger partial charge in [-0.2, -0.15) is 0 Å². The molecule has 2 saturated carbocycles. The summed E-state index contributed by atoms with van der Waals surface area (Å²) in [6.07, 6.45) is 4.63. The van der Waals surface area contributed by atoms with Crippen LogP contribution in [0.5, 0.6) is 0 Å². The zero-order chi connectivity index (χ0) is 21.4. The Bertz CT molecular complexity index is 652. The van der Waals surface area contributed by atoms with Crippen LogP contribution in [-0.2, 0) is 28.5 Å². The van der Waals surface area contributed by atoms with Crippen molar-refractivity contribution in [3.63, 3.8) is 0 Å². The van der Waals surface area contributed by atoms with Crippen molar-refractivity contribution >= 4 is 11.8 Å². The van der Waals surface area contributed by atoms with Crippen LogP contribution in [0.3, 0.4) is 0 Å². The number of hydrogen-bond donors (Lipinski definition) is 0. The van der Waals surface area contributed by atoms with Crippen LogP contribution in [0, 0.1) is 28.6 Å². The van der Waals surface area contributed by atoms with E-state index in [1.165, 1.54) is 7.11 Å². The maximum Gasteiger partial charge on any atom is 0.319 e. The van der Waals surface area contributed by atoms with Gasteiger partial charge in [-0.25, -0.2) is 0 Å². The summed E-state index contributed by atoms with van der Waals surface area (Å²) in [6, 6.07) is 0. The second kappa shape index (κ2) is 8.12. The van der Waals surface area contributed by atoms with E-state index >= 15 is 0 Å². The van der Waals surface area contributed by atoms with Gasteiger partial charge >= 0.3 is 5.97 Å². The van der Waals surface area contributed by atoms with Gasteiger partial charge in [0.2, 0.25) is 0 Å².